The van der Waals surface area contributed by atoms with Crippen LogP contribution in [0.3, 0.4) is 0 Å². The fourth-order valence-electron chi connectivity index (χ4n) is 6.30. The number of hydrogen-bond donors (Lipinski definition) is 3. The van der Waals surface area contributed by atoms with E-state index in [9.17, 15) is 9.90 Å². The number of anilines is 1. The number of phenols is 1. The molecule has 2 aliphatic rings. The average molecular weight is 504 g/mol. The maximum atomic E-state index is 13.0. The zero-order chi connectivity index (χ0) is 26.4. The molecule has 37 heavy (non-hydrogen) atoms. The molecule has 1 aliphatic carbocycles. The van der Waals surface area contributed by atoms with Gasteiger partial charge >= 0.3 is 0 Å². The van der Waals surface area contributed by atoms with Crippen molar-refractivity contribution in [1.82, 2.24) is 25.3 Å². The predicted octanol–water partition coefficient (Wildman–Crippen LogP) is 4.11. The van der Waals surface area contributed by atoms with Crippen molar-refractivity contribution in [3.8, 4) is 28.1 Å². The molecule has 0 unspecified atom stereocenters. The lowest BCUT2D eigenvalue weighted by Gasteiger charge is -2.57. The summed E-state index contributed by atoms with van der Waals surface area (Å²) in [5.41, 5.74) is 8.15. The molecule has 5 rings (SSSR count). The summed E-state index contributed by atoms with van der Waals surface area (Å²) in [6.07, 6.45) is 7.84. The molecular weight excluding hydrogens is 466 g/mol. The number of H-pyrrole nitrogens is 1. The van der Waals surface area contributed by atoms with E-state index in [-0.39, 0.29) is 28.8 Å². The molecular formula is C28H37N7O2. The van der Waals surface area contributed by atoms with E-state index in [1.807, 2.05) is 24.3 Å². The third kappa shape index (κ3) is 4.92. The number of rotatable bonds is 7. The summed E-state index contributed by atoms with van der Waals surface area (Å²) in [5, 5.41) is 26.6. The smallest absolute Gasteiger partial charge is 0.224 e. The van der Waals surface area contributed by atoms with Gasteiger partial charge < -0.3 is 20.6 Å². The molecule has 1 saturated carbocycles. The van der Waals surface area contributed by atoms with Crippen LogP contribution in [0.4, 0.5) is 5.82 Å². The molecule has 2 fully saturated rings. The Labute approximate surface area is 218 Å². The van der Waals surface area contributed by atoms with E-state index in [0.717, 1.165) is 42.6 Å². The number of nitrogens with two attached hydrogens (primary N) is 1. The minimum absolute atomic E-state index is 0.122. The maximum absolute atomic E-state index is 13.0. The first-order chi connectivity index (χ1) is 17.6. The Morgan fingerprint density at radius 3 is 2.35 bits per heavy atom. The fourth-order valence-corrected chi connectivity index (χ4v) is 6.30. The number of hydrogen-bond acceptors (Lipinski definition) is 7. The lowest BCUT2D eigenvalue weighted by Crippen LogP contribution is -2.66. The molecule has 196 valence electrons. The normalized spacial score (nSPS) is 19.1. The molecule has 1 aromatic carbocycles. The van der Waals surface area contributed by atoms with E-state index in [4.69, 9.17) is 5.73 Å². The second-order valence-electron chi connectivity index (χ2n) is 11.6. The summed E-state index contributed by atoms with van der Waals surface area (Å²) in [6, 6.07) is 10.1. The molecule has 1 aliphatic heterocycles. The first-order valence-corrected chi connectivity index (χ1v) is 13.1. The molecule has 1 saturated heterocycles. The number of aromatic hydroxyl groups is 1. The molecule has 4 N–H and O–H groups in total. The Morgan fingerprint density at radius 1 is 1.08 bits per heavy atom. The van der Waals surface area contributed by atoms with Crippen LogP contribution in [0.5, 0.6) is 5.75 Å². The van der Waals surface area contributed by atoms with E-state index >= 15 is 0 Å². The highest BCUT2D eigenvalue weighted by molar-refractivity contribution is 5.78. The molecule has 9 heteroatoms. The molecule has 0 atom stereocenters. The molecule has 2 aromatic heterocycles. The van der Waals surface area contributed by atoms with Crippen LogP contribution >= 0.6 is 0 Å². The van der Waals surface area contributed by atoms with Crippen molar-refractivity contribution in [3.63, 3.8) is 0 Å². The zero-order valence-corrected chi connectivity index (χ0v) is 22.1. The first kappa shape index (κ1) is 25.2. The lowest BCUT2D eigenvalue weighted by atomic mass is 9.76. The second kappa shape index (κ2) is 9.45. The first-order valence-electron chi connectivity index (χ1n) is 13.1. The van der Waals surface area contributed by atoms with Gasteiger partial charge in [-0.25, -0.2) is 0 Å². The Kier molecular flexibility index (Phi) is 6.43. The number of nitrogens with one attached hydrogen (secondary N) is 1. The quantitative estimate of drug-likeness (QED) is 0.443. The van der Waals surface area contributed by atoms with Crippen LogP contribution < -0.4 is 10.6 Å². The van der Waals surface area contributed by atoms with Crippen molar-refractivity contribution >= 4 is 11.7 Å². The van der Waals surface area contributed by atoms with Gasteiger partial charge in [-0.05, 0) is 83.2 Å². The molecule has 1 amide bonds. The molecule has 9 nitrogen and oxygen atoms in total. The Morgan fingerprint density at radius 2 is 1.81 bits per heavy atom. The molecule has 0 radical (unpaired) electrons. The Hall–Kier alpha value is -3.46. The predicted molar refractivity (Wildman–Crippen MR) is 144 cm³/mol. The highest BCUT2D eigenvalue weighted by Crippen LogP contribution is 2.45. The number of carbonyl (C=O) groups is 1. The van der Waals surface area contributed by atoms with Gasteiger partial charge in [0, 0.05) is 53.5 Å². The summed E-state index contributed by atoms with van der Waals surface area (Å²) in [6.45, 7) is 9.00. The summed E-state index contributed by atoms with van der Waals surface area (Å²) in [7, 11) is 0. The minimum atomic E-state index is -0.304. The third-order valence-electron chi connectivity index (χ3n) is 7.64. The Bertz CT molecular complexity index is 1230. The van der Waals surface area contributed by atoms with Crippen LogP contribution in [0.2, 0.25) is 0 Å². The number of phenolic OH excluding ortho intramolecular Hbond substituents is 1. The van der Waals surface area contributed by atoms with Gasteiger partial charge in [0.2, 0.25) is 5.91 Å². The van der Waals surface area contributed by atoms with Crippen LogP contribution in [0, 0.1) is 0 Å². The van der Waals surface area contributed by atoms with Gasteiger partial charge in [0.25, 0.3) is 0 Å². The van der Waals surface area contributed by atoms with Crippen LogP contribution in [0.1, 0.15) is 59.8 Å². The van der Waals surface area contributed by atoms with Gasteiger partial charge in [-0.15, -0.1) is 10.2 Å². The molecule has 0 spiro atoms. The monoisotopic (exact) mass is 503 g/mol. The molecule has 3 heterocycles. The van der Waals surface area contributed by atoms with Crippen molar-refractivity contribution in [2.45, 2.75) is 83.0 Å². The maximum Gasteiger partial charge on any atom is 0.224 e. The van der Waals surface area contributed by atoms with E-state index in [2.05, 4.69) is 57.9 Å². The van der Waals surface area contributed by atoms with E-state index in [1.165, 1.54) is 0 Å². The number of benzene rings is 1. The molecule has 0 bridgehead atoms. The van der Waals surface area contributed by atoms with E-state index < -0.39 is 0 Å². The second-order valence-corrected chi connectivity index (χ2v) is 11.6. The van der Waals surface area contributed by atoms with Crippen molar-refractivity contribution < 1.29 is 9.90 Å². The van der Waals surface area contributed by atoms with Gasteiger partial charge in [-0.3, -0.25) is 9.89 Å². The molecule has 3 aromatic rings. The average Bonchev–Trinajstić information content (AvgIpc) is 3.49. The number of piperidine rings is 1. The highest BCUT2D eigenvalue weighted by atomic mass is 16.3. The number of likely N-dealkylation sites (tertiary alicyclic amines) is 1. The van der Waals surface area contributed by atoms with Crippen LogP contribution in [-0.4, -0.2) is 66.0 Å². The summed E-state index contributed by atoms with van der Waals surface area (Å²) in [5.74, 6) is 1.12. The summed E-state index contributed by atoms with van der Waals surface area (Å²) >= 11 is 0. The van der Waals surface area contributed by atoms with Gasteiger partial charge in [0.05, 0.1) is 11.9 Å². The largest absolute Gasteiger partial charge is 0.507 e. The Balaban J connectivity index is 1.39. The van der Waals surface area contributed by atoms with Crippen LogP contribution in [-0.2, 0) is 4.79 Å². The number of carbonyl (C=O) groups excluding carboxylic acids is 1. The topological polar surface area (TPSA) is 124 Å². The van der Waals surface area contributed by atoms with Crippen molar-refractivity contribution in [1.29, 1.82) is 0 Å². The van der Waals surface area contributed by atoms with Crippen molar-refractivity contribution in [3.05, 3.63) is 42.7 Å². The number of nitrogens with zero attached hydrogens (tertiary/aromatic N) is 5. The van der Waals surface area contributed by atoms with E-state index in [0.29, 0.717) is 30.3 Å². The van der Waals surface area contributed by atoms with Crippen LogP contribution in [0.15, 0.2) is 42.7 Å². The fraction of sp³-hybridized carbons (Fsp3) is 0.500. The van der Waals surface area contributed by atoms with Crippen molar-refractivity contribution in [2.24, 2.45) is 5.73 Å². The van der Waals surface area contributed by atoms with Crippen LogP contribution in [0.25, 0.3) is 22.4 Å². The van der Waals surface area contributed by atoms with E-state index in [1.54, 1.807) is 18.5 Å². The van der Waals surface area contributed by atoms with Crippen molar-refractivity contribution in [2.75, 3.05) is 11.4 Å². The van der Waals surface area contributed by atoms with Gasteiger partial charge in [-0.1, -0.05) is 6.07 Å². The standard InChI is InChI=1S/C28H37N7O2/c1-27(2)14-21(15-28(3,4)35(27)26(37)11-12-29)34(20-6-7-20)25-10-9-23(32-33-25)22-8-5-18(13-24(22)36)19-16-30-31-17-19/h5,8-10,13,16-17,20-21,36H,6-7,11-12,14-15,29H2,1-4H3,(H,30,31). The van der Waals surface area contributed by atoms with Gasteiger partial charge in [0.1, 0.15) is 5.75 Å². The van der Waals surface area contributed by atoms with Gasteiger partial charge in [-0.2, -0.15) is 5.10 Å². The number of aromatic amines is 1. The van der Waals surface area contributed by atoms with Gasteiger partial charge in [0.15, 0.2) is 5.82 Å². The summed E-state index contributed by atoms with van der Waals surface area (Å²) in [4.78, 5) is 17.5. The summed E-state index contributed by atoms with van der Waals surface area (Å²) < 4.78 is 0. The zero-order valence-electron chi connectivity index (χ0n) is 22.1. The number of amides is 1. The highest BCUT2D eigenvalue weighted by Gasteiger charge is 2.50. The number of aromatic nitrogens is 4. The minimum Gasteiger partial charge on any atom is -0.507 e. The SMILES string of the molecule is CC1(C)CC(N(c2ccc(-c3ccc(-c4cn[nH]c4)cc3O)nn2)C2CC2)CC(C)(C)N1C(=O)CCN. The third-order valence-corrected chi connectivity index (χ3v) is 7.64. The lowest BCUT2D eigenvalue weighted by molar-refractivity contribution is -0.149.